The summed E-state index contributed by atoms with van der Waals surface area (Å²) in [6.45, 7) is 6.75. The van der Waals surface area contributed by atoms with Crippen molar-refractivity contribution in [3.8, 4) is 0 Å². The lowest BCUT2D eigenvalue weighted by molar-refractivity contribution is -0.234. The van der Waals surface area contributed by atoms with Crippen LogP contribution in [0.1, 0.15) is 207 Å². The van der Waals surface area contributed by atoms with E-state index in [-0.39, 0.29) is 24.8 Å². The van der Waals surface area contributed by atoms with Gasteiger partial charge in [0.25, 0.3) is 0 Å². The molecular formula is C45H87NO7. The summed E-state index contributed by atoms with van der Waals surface area (Å²) in [7, 11) is 0. The van der Waals surface area contributed by atoms with E-state index in [2.05, 4.69) is 32.9 Å². The topological polar surface area (TPSA) is 131 Å². The highest BCUT2D eigenvalue weighted by Gasteiger charge is 2.44. The molecule has 1 fully saturated rings. The molecule has 314 valence electrons. The molecule has 0 saturated carbocycles. The molecule has 0 aromatic heterocycles. The number of allylic oxidation sites excluding steroid dienone is 2. The first-order valence-corrected chi connectivity index (χ1v) is 22.7. The van der Waals surface area contributed by atoms with E-state index in [1.54, 1.807) is 4.90 Å². The number of aliphatic hydroxyl groups is 5. The first-order valence-electron chi connectivity index (χ1n) is 22.7. The van der Waals surface area contributed by atoms with Gasteiger partial charge < -0.3 is 35.2 Å². The molecule has 1 heterocycles. The number of ether oxygens (including phenoxy) is 1. The summed E-state index contributed by atoms with van der Waals surface area (Å²) >= 11 is 0. The largest absolute Gasteiger partial charge is 0.394 e. The molecular weight excluding hydrogens is 666 g/mol. The van der Waals surface area contributed by atoms with Crippen LogP contribution in [0.5, 0.6) is 0 Å². The molecule has 1 saturated heterocycles. The number of aliphatic hydroxyl groups excluding tert-OH is 5. The monoisotopic (exact) mass is 754 g/mol. The highest BCUT2D eigenvalue weighted by molar-refractivity contribution is 5.78. The third-order valence-corrected chi connectivity index (χ3v) is 11.4. The van der Waals surface area contributed by atoms with E-state index in [1.165, 1.54) is 135 Å². The predicted octanol–water partition coefficient (Wildman–Crippen LogP) is 9.56. The van der Waals surface area contributed by atoms with Crippen molar-refractivity contribution in [1.82, 2.24) is 4.90 Å². The van der Waals surface area contributed by atoms with Gasteiger partial charge in [0.1, 0.15) is 24.4 Å². The van der Waals surface area contributed by atoms with Crippen LogP contribution >= 0.6 is 0 Å². The molecule has 0 radical (unpaired) electrons. The Hall–Kier alpha value is -1.03. The summed E-state index contributed by atoms with van der Waals surface area (Å²) in [5, 5.41) is 51.6. The zero-order valence-corrected chi connectivity index (χ0v) is 34.8. The van der Waals surface area contributed by atoms with Crippen LogP contribution in [0.3, 0.4) is 0 Å². The summed E-state index contributed by atoms with van der Waals surface area (Å²) in [6, 6.07) is 0. The molecule has 8 heteroatoms. The summed E-state index contributed by atoms with van der Waals surface area (Å²) in [5.41, 5.74) is 0. The molecule has 7 atom stereocenters. The van der Waals surface area contributed by atoms with E-state index < -0.39 is 43.2 Å². The van der Waals surface area contributed by atoms with Gasteiger partial charge in [-0.2, -0.15) is 0 Å². The Morgan fingerprint density at radius 2 is 1.04 bits per heavy atom. The lowest BCUT2D eigenvalue weighted by Gasteiger charge is -2.41. The van der Waals surface area contributed by atoms with E-state index in [4.69, 9.17) is 4.74 Å². The molecule has 5 N–H and O–H groups in total. The smallest absolute Gasteiger partial charge is 0.225 e. The van der Waals surface area contributed by atoms with Crippen molar-refractivity contribution in [3.05, 3.63) is 12.2 Å². The van der Waals surface area contributed by atoms with Crippen molar-refractivity contribution in [1.29, 1.82) is 0 Å². The molecule has 0 bridgehead atoms. The number of amides is 1. The second-order valence-electron chi connectivity index (χ2n) is 16.3. The van der Waals surface area contributed by atoms with Crippen molar-refractivity contribution in [2.45, 2.75) is 244 Å². The van der Waals surface area contributed by atoms with Crippen LogP contribution in [-0.2, 0) is 9.53 Å². The zero-order chi connectivity index (χ0) is 38.9. The highest BCUT2D eigenvalue weighted by Crippen LogP contribution is 2.25. The van der Waals surface area contributed by atoms with Crippen LogP contribution in [0.15, 0.2) is 12.2 Å². The minimum absolute atomic E-state index is 0.0143. The van der Waals surface area contributed by atoms with Gasteiger partial charge in [-0.3, -0.25) is 4.79 Å². The lowest BCUT2D eigenvalue weighted by atomic mass is 9.92. The van der Waals surface area contributed by atoms with Gasteiger partial charge in [-0.25, -0.2) is 0 Å². The molecule has 0 spiro atoms. The molecule has 8 nitrogen and oxygen atoms in total. The van der Waals surface area contributed by atoms with Crippen molar-refractivity contribution < 1.29 is 35.1 Å². The number of hydrogen-bond acceptors (Lipinski definition) is 7. The molecule has 1 rings (SSSR count). The van der Waals surface area contributed by atoms with Gasteiger partial charge in [0.15, 0.2) is 0 Å². The SMILES string of the molecule is CCCCCCCCCCCCCC=CCCCN(CC(O)C[C@@H]1O[C@H](CO)[C@@H](O)[C@H](O)[C@H]1O)C(=O)C(CC)CCCCCCCCCCCCCC. The molecule has 0 aromatic rings. The number of unbranched alkanes of at least 4 members (excludes halogenated alkanes) is 23. The maximum absolute atomic E-state index is 13.9. The van der Waals surface area contributed by atoms with Crippen LogP contribution in [-0.4, -0.2) is 92.7 Å². The quantitative estimate of drug-likeness (QED) is 0.0318. The molecule has 1 aliphatic rings. The van der Waals surface area contributed by atoms with Gasteiger partial charge in [0.2, 0.25) is 5.91 Å². The summed E-state index contributed by atoms with van der Waals surface area (Å²) in [4.78, 5) is 15.7. The number of rotatable bonds is 36. The Balaban J connectivity index is 2.53. The molecule has 1 amide bonds. The first kappa shape index (κ1) is 50.0. The standard InChI is InChI=1S/C45H87NO7/c1-4-7-9-11-13-15-17-19-20-21-22-24-26-28-30-32-34-46(36-39(48)35-40-42(49)44(51)43(50)41(37-47)53-40)45(52)38(6-3)33-31-29-27-25-23-18-16-14-12-10-8-5-2/h26,28,38-44,47-51H,4-25,27,29-37H2,1-3H3/t38?,39?,40-,41+,42-,43+,44+/m0/s1. The number of hydrogen-bond donors (Lipinski definition) is 5. The van der Waals surface area contributed by atoms with Crippen LogP contribution in [0, 0.1) is 5.92 Å². The van der Waals surface area contributed by atoms with Gasteiger partial charge in [-0.05, 0) is 38.5 Å². The maximum atomic E-state index is 13.9. The minimum atomic E-state index is -1.48. The number of nitrogens with zero attached hydrogens (tertiary/aromatic N) is 1. The fourth-order valence-electron chi connectivity index (χ4n) is 7.82. The van der Waals surface area contributed by atoms with Gasteiger partial charge in [-0.1, -0.05) is 174 Å². The van der Waals surface area contributed by atoms with Crippen molar-refractivity contribution in [3.63, 3.8) is 0 Å². The molecule has 1 aliphatic heterocycles. The molecule has 0 aromatic carbocycles. The Morgan fingerprint density at radius 1 is 0.604 bits per heavy atom. The van der Waals surface area contributed by atoms with E-state index in [1.807, 2.05) is 0 Å². The molecule has 53 heavy (non-hydrogen) atoms. The van der Waals surface area contributed by atoms with Crippen LogP contribution in [0.2, 0.25) is 0 Å². The van der Waals surface area contributed by atoms with Gasteiger partial charge in [0, 0.05) is 25.4 Å². The fraction of sp³-hybridized carbons (Fsp3) is 0.933. The summed E-state index contributed by atoms with van der Waals surface area (Å²) in [6.07, 6.45) is 31.8. The van der Waals surface area contributed by atoms with Crippen LogP contribution < -0.4 is 0 Å². The Kier molecular flexibility index (Phi) is 32.3. The maximum Gasteiger partial charge on any atom is 0.225 e. The normalized spacial score (nSPS) is 21.7. The highest BCUT2D eigenvalue weighted by atomic mass is 16.5. The summed E-state index contributed by atoms with van der Waals surface area (Å²) in [5.74, 6) is -0.0115. The average molecular weight is 754 g/mol. The Morgan fingerprint density at radius 3 is 1.51 bits per heavy atom. The van der Waals surface area contributed by atoms with E-state index in [9.17, 15) is 30.3 Å². The zero-order valence-electron chi connectivity index (χ0n) is 34.8. The summed E-state index contributed by atoms with van der Waals surface area (Å²) < 4.78 is 5.65. The third-order valence-electron chi connectivity index (χ3n) is 11.4. The number of carbonyl (C=O) groups is 1. The third kappa shape index (κ3) is 24.3. The predicted molar refractivity (Wildman–Crippen MR) is 220 cm³/mol. The van der Waals surface area contributed by atoms with Crippen molar-refractivity contribution in [2.75, 3.05) is 19.7 Å². The van der Waals surface area contributed by atoms with Crippen LogP contribution in [0.25, 0.3) is 0 Å². The Bertz CT molecular complexity index is 855. The van der Waals surface area contributed by atoms with Gasteiger partial charge >= 0.3 is 0 Å². The van der Waals surface area contributed by atoms with Crippen LogP contribution in [0.4, 0.5) is 0 Å². The molecule has 0 aliphatic carbocycles. The second kappa shape index (κ2) is 34.2. The second-order valence-corrected chi connectivity index (χ2v) is 16.3. The lowest BCUT2D eigenvalue weighted by Crippen LogP contribution is -2.59. The van der Waals surface area contributed by atoms with E-state index in [0.717, 1.165) is 44.9 Å². The van der Waals surface area contributed by atoms with Crippen molar-refractivity contribution >= 4 is 5.91 Å². The van der Waals surface area contributed by atoms with Gasteiger partial charge in [-0.15, -0.1) is 0 Å². The average Bonchev–Trinajstić information content (AvgIpc) is 3.16. The van der Waals surface area contributed by atoms with Gasteiger partial charge in [0.05, 0.1) is 18.8 Å². The van der Waals surface area contributed by atoms with Crippen molar-refractivity contribution in [2.24, 2.45) is 5.92 Å². The number of carbonyl (C=O) groups excluding carboxylic acids is 1. The first-order chi connectivity index (χ1) is 25.8. The van der Waals surface area contributed by atoms with E-state index in [0.29, 0.717) is 6.54 Å². The van der Waals surface area contributed by atoms with E-state index >= 15 is 0 Å². The fourth-order valence-corrected chi connectivity index (χ4v) is 7.82. The Labute approximate surface area is 326 Å². The molecule has 2 unspecified atom stereocenters. The minimum Gasteiger partial charge on any atom is -0.394 e.